The molecule has 0 aliphatic carbocycles. The van der Waals surface area contributed by atoms with Crippen molar-refractivity contribution >= 4 is 39.9 Å². The number of aromatic amines is 1. The number of nitrogens with zero attached hydrogens (tertiary/aromatic N) is 2. The number of amides is 1. The van der Waals surface area contributed by atoms with Crippen molar-refractivity contribution in [1.29, 1.82) is 0 Å². The number of ether oxygens (including phenoxy) is 2. The molecule has 0 radical (unpaired) electrons. The number of rotatable bonds is 6. The minimum atomic E-state index is -1.07. The summed E-state index contributed by atoms with van der Waals surface area (Å²) in [4.78, 5) is 24.3. The van der Waals surface area contributed by atoms with Gasteiger partial charge in [0.05, 0.1) is 34.6 Å². The Hall–Kier alpha value is -3.66. The number of aromatic nitrogens is 3. The normalized spacial score (nSPS) is 18.0. The quantitative estimate of drug-likeness (QED) is 0.310. The number of nitrogens with one attached hydrogen (secondary N) is 3. The summed E-state index contributed by atoms with van der Waals surface area (Å²) in [6, 6.07) is 8.78. The second-order valence-electron chi connectivity index (χ2n) is 8.72. The number of aliphatic hydroxyl groups is 1. The molecule has 1 amide bonds. The summed E-state index contributed by atoms with van der Waals surface area (Å²) in [7, 11) is 1.54. The molecule has 1 aromatic carbocycles. The second kappa shape index (κ2) is 8.84. The first-order chi connectivity index (χ1) is 16.8. The van der Waals surface area contributed by atoms with Crippen LogP contribution in [0.15, 0.2) is 48.9 Å². The second-order valence-corrected chi connectivity index (χ2v) is 9.13. The van der Waals surface area contributed by atoms with Gasteiger partial charge < -0.3 is 30.2 Å². The maximum atomic E-state index is 12.6. The number of hydrogen-bond acceptors (Lipinski definition) is 7. The van der Waals surface area contributed by atoms with Crippen LogP contribution in [0, 0.1) is 6.92 Å². The van der Waals surface area contributed by atoms with Gasteiger partial charge in [-0.05, 0) is 37.6 Å². The van der Waals surface area contributed by atoms with Crippen molar-refractivity contribution in [2.75, 3.05) is 24.4 Å². The van der Waals surface area contributed by atoms with Gasteiger partial charge >= 0.3 is 0 Å². The van der Waals surface area contributed by atoms with Crippen LogP contribution in [0.3, 0.4) is 0 Å². The highest BCUT2D eigenvalue weighted by atomic mass is 35.5. The van der Waals surface area contributed by atoms with Crippen LogP contribution in [0.2, 0.25) is 5.02 Å². The average Bonchev–Trinajstić information content (AvgIpc) is 3.25. The molecule has 35 heavy (non-hydrogen) atoms. The van der Waals surface area contributed by atoms with E-state index in [9.17, 15) is 9.90 Å². The van der Waals surface area contributed by atoms with Crippen LogP contribution in [-0.4, -0.2) is 45.2 Å². The zero-order valence-corrected chi connectivity index (χ0v) is 20.1. The van der Waals surface area contributed by atoms with Crippen LogP contribution in [0.25, 0.3) is 11.0 Å². The van der Waals surface area contributed by atoms with E-state index in [1.165, 1.54) is 7.11 Å². The Morgan fingerprint density at radius 1 is 1.20 bits per heavy atom. The lowest BCUT2D eigenvalue weighted by molar-refractivity contribution is -0.121. The highest BCUT2D eigenvalue weighted by molar-refractivity contribution is 6.31. The third-order valence-electron chi connectivity index (χ3n) is 5.99. The fourth-order valence-corrected chi connectivity index (χ4v) is 4.46. The van der Waals surface area contributed by atoms with E-state index >= 15 is 0 Å². The van der Waals surface area contributed by atoms with Crippen molar-refractivity contribution in [1.82, 2.24) is 15.0 Å². The molecule has 3 aromatic heterocycles. The number of fused-ring (bicyclic) bond motifs is 3. The number of hydrogen-bond donors (Lipinski definition) is 4. The molecular formula is C25H24ClN5O4. The number of aliphatic hydroxyl groups excluding tert-OH is 1. The third-order valence-corrected chi connectivity index (χ3v) is 6.32. The number of H-pyrrole nitrogens is 1. The Morgan fingerprint density at radius 2 is 2.03 bits per heavy atom. The monoisotopic (exact) mass is 493 g/mol. The average molecular weight is 494 g/mol. The maximum absolute atomic E-state index is 12.6. The van der Waals surface area contributed by atoms with Crippen molar-refractivity contribution in [2.45, 2.75) is 25.5 Å². The van der Waals surface area contributed by atoms with E-state index < -0.39 is 11.6 Å². The Morgan fingerprint density at radius 3 is 2.77 bits per heavy atom. The number of methoxy groups -OCH3 is 1. The highest BCUT2D eigenvalue weighted by Gasteiger charge is 2.39. The van der Waals surface area contributed by atoms with E-state index in [4.69, 9.17) is 21.1 Å². The van der Waals surface area contributed by atoms with Gasteiger partial charge in [0.25, 0.3) is 5.91 Å². The van der Waals surface area contributed by atoms with Gasteiger partial charge in [-0.3, -0.25) is 4.79 Å². The van der Waals surface area contributed by atoms with Crippen molar-refractivity contribution in [3.63, 3.8) is 0 Å². The van der Waals surface area contributed by atoms with E-state index in [0.29, 0.717) is 50.2 Å². The topological polar surface area (TPSA) is 121 Å². The molecule has 1 aliphatic heterocycles. The number of pyridine rings is 2. The predicted octanol–water partition coefficient (Wildman–Crippen LogP) is 4.56. The number of aryl methyl sites for hydroxylation is 1. The maximum Gasteiger partial charge on any atom is 0.252 e. The summed E-state index contributed by atoms with van der Waals surface area (Å²) in [5.74, 6) is 0.727. The summed E-state index contributed by atoms with van der Waals surface area (Å²) in [5, 5.41) is 18.5. The lowest BCUT2D eigenvalue weighted by Gasteiger charge is -2.35. The van der Waals surface area contributed by atoms with Crippen molar-refractivity contribution < 1.29 is 19.4 Å². The van der Waals surface area contributed by atoms with Crippen molar-refractivity contribution in [3.8, 4) is 11.6 Å². The molecule has 5 rings (SSSR count). The van der Waals surface area contributed by atoms with Crippen LogP contribution in [0.5, 0.6) is 11.6 Å². The van der Waals surface area contributed by atoms with E-state index in [1.54, 1.807) is 43.7 Å². The van der Waals surface area contributed by atoms with Crippen molar-refractivity contribution in [2.24, 2.45) is 0 Å². The van der Waals surface area contributed by atoms with Crippen LogP contribution in [0.1, 0.15) is 29.7 Å². The molecule has 0 fully saturated rings. The lowest BCUT2D eigenvalue weighted by Crippen LogP contribution is -2.53. The molecule has 4 aromatic rings. The molecule has 0 bridgehead atoms. The molecule has 9 nitrogen and oxygen atoms in total. The van der Waals surface area contributed by atoms with E-state index in [-0.39, 0.29) is 12.5 Å². The largest absolute Gasteiger partial charge is 0.439 e. The molecule has 1 aliphatic rings. The first-order valence-electron chi connectivity index (χ1n) is 11.0. The zero-order valence-electron chi connectivity index (χ0n) is 19.3. The minimum Gasteiger partial charge on any atom is -0.439 e. The van der Waals surface area contributed by atoms with Crippen LogP contribution in [0.4, 0.5) is 11.4 Å². The SMILES string of the molecule is COCC1(C)Nc2c(cnc3[nH]cc(C(O)c4ccc(Oc5cc(C)ccn5)cc4Cl)c23)NC1=O. The van der Waals surface area contributed by atoms with Gasteiger partial charge in [-0.1, -0.05) is 17.7 Å². The lowest BCUT2D eigenvalue weighted by atomic mass is 9.95. The van der Waals surface area contributed by atoms with Gasteiger partial charge in [-0.25, -0.2) is 9.97 Å². The van der Waals surface area contributed by atoms with Crippen LogP contribution in [-0.2, 0) is 9.53 Å². The standard InChI is InChI=1S/C25H24ClN5O4/c1-13-6-7-27-19(8-13)35-14-4-5-15(17(26)9-14)22(32)16-10-28-23-20(16)21-18(11-29-23)30-24(33)25(2,31-21)12-34-3/h4-11,22,31-32H,12H2,1-3H3,(H,28,29)(H,30,33). The number of halogens is 1. The fourth-order valence-electron chi connectivity index (χ4n) is 4.19. The van der Waals surface area contributed by atoms with Gasteiger partial charge in [-0.2, -0.15) is 0 Å². The number of benzene rings is 1. The van der Waals surface area contributed by atoms with Crippen molar-refractivity contribution in [3.05, 3.63) is 70.6 Å². The molecule has 2 atom stereocenters. The molecule has 2 unspecified atom stereocenters. The first kappa shape index (κ1) is 23.1. The van der Waals surface area contributed by atoms with Gasteiger partial charge in [0.1, 0.15) is 23.0 Å². The van der Waals surface area contributed by atoms with E-state index in [0.717, 1.165) is 5.56 Å². The molecule has 4 N–H and O–H groups in total. The fraction of sp³-hybridized carbons (Fsp3) is 0.240. The van der Waals surface area contributed by atoms with Gasteiger partial charge in [-0.15, -0.1) is 0 Å². The third kappa shape index (κ3) is 4.18. The summed E-state index contributed by atoms with van der Waals surface area (Å²) in [6.45, 7) is 3.86. The highest BCUT2D eigenvalue weighted by Crippen LogP contribution is 2.42. The van der Waals surface area contributed by atoms with Gasteiger partial charge in [0.15, 0.2) is 0 Å². The van der Waals surface area contributed by atoms with E-state index in [1.807, 2.05) is 19.1 Å². The molecule has 180 valence electrons. The molecular weight excluding hydrogens is 470 g/mol. The van der Waals surface area contributed by atoms with Crippen LogP contribution >= 0.6 is 11.6 Å². The Bertz CT molecular complexity index is 1440. The predicted molar refractivity (Wildman–Crippen MR) is 133 cm³/mol. The Labute approximate surface area is 206 Å². The van der Waals surface area contributed by atoms with Gasteiger partial charge in [0, 0.05) is 36.7 Å². The molecule has 10 heteroatoms. The molecule has 0 spiro atoms. The zero-order chi connectivity index (χ0) is 24.7. The summed E-state index contributed by atoms with van der Waals surface area (Å²) < 4.78 is 11.1. The van der Waals surface area contributed by atoms with Gasteiger partial charge in [0.2, 0.25) is 5.88 Å². The molecule has 0 saturated heterocycles. The molecule has 0 saturated carbocycles. The summed E-state index contributed by atoms with van der Waals surface area (Å²) in [6.07, 6.45) is 3.86. The first-order valence-corrected chi connectivity index (χ1v) is 11.3. The van der Waals surface area contributed by atoms with Crippen LogP contribution < -0.4 is 15.4 Å². The van der Waals surface area contributed by atoms with E-state index in [2.05, 4.69) is 25.6 Å². The summed E-state index contributed by atoms with van der Waals surface area (Å²) in [5.41, 5.74) is 2.81. The minimum absolute atomic E-state index is 0.160. The number of anilines is 2. The smallest absolute Gasteiger partial charge is 0.252 e. The summed E-state index contributed by atoms with van der Waals surface area (Å²) >= 11 is 6.56. The Kier molecular flexibility index (Phi) is 5.84. The molecule has 4 heterocycles. The number of carbonyl (C=O) groups is 1. The number of carbonyl (C=O) groups excluding carboxylic acids is 1. The Balaban J connectivity index is 1.50.